The lowest BCUT2D eigenvalue weighted by molar-refractivity contribution is -0.125. The Kier molecular flexibility index (Phi) is 8.21. The minimum Gasteiger partial charge on any atom is -0.492 e. The summed E-state index contributed by atoms with van der Waals surface area (Å²) in [7, 11) is 3.94. The van der Waals surface area contributed by atoms with Crippen molar-refractivity contribution in [1.29, 1.82) is 0 Å². The second kappa shape index (κ2) is 9.89. The van der Waals surface area contributed by atoms with Crippen LogP contribution < -0.4 is 21.1 Å². The van der Waals surface area contributed by atoms with Crippen molar-refractivity contribution in [1.82, 2.24) is 10.2 Å². The minimum atomic E-state index is -0.619. The first-order chi connectivity index (χ1) is 11.3. The molecule has 2 amide bonds. The topological polar surface area (TPSA) is 96.7 Å². The summed E-state index contributed by atoms with van der Waals surface area (Å²) in [5, 5.41) is 5.25. The predicted molar refractivity (Wildman–Crippen MR) is 94.9 cm³/mol. The number of anilines is 1. The monoisotopic (exact) mass is 336 g/mol. The molecule has 24 heavy (non-hydrogen) atoms. The lowest BCUT2D eigenvalue weighted by Gasteiger charge is -2.15. The van der Waals surface area contributed by atoms with Gasteiger partial charge in [0.2, 0.25) is 11.8 Å². The average molecular weight is 336 g/mol. The number of amides is 2. The van der Waals surface area contributed by atoms with Crippen LogP contribution in [0.5, 0.6) is 5.75 Å². The maximum Gasteiger partial charge on any atom is 0.243 e. The third kappa shape index (κ3) is 7.43. The van der Waals surface area contributed by atoms with Gasteiger partial charge in [-0.3, -0.25) is 9.59 Å². The first kappa shape index (κ1) is 19.9. The number of rotatable bonds is 9. The number of hydrogen-bond acceptors (Lipinski definition) is 5. The highest BCUT2D eigenvalue weighted by molar-refractivity contribution is 5.95. The molecular weight excluding hydrogens is 308 g/mol. The van der Waals surface area contributed by atoms with Gasteiger partial charge in [0, 0.05) is 18.3 Å². The lowest BCUT2D eigenvalue weighted by atomic mass is 10.1. The van der Waals surface area contributed by atoms with Crippen molar-refractivity contribution in [2.24, 2.45) is 11.7 Å². The van der Waals surface area contributed by atoms with Crippen LogP contribution in [-0.2, 0) is 9.59 Å². The molecule has 7 heteroatoms. The highest BCUT2D eigenvalue weighted by atomic mass is 16.5. The van der Waals surface area contributed by atoms with Gasteiger partial charge in [0.15, 0.2) is 0 Å². The van der Waals surface area contributed by atoms with Crippen molar-refractivity contribution in [3.63, 3.8) is 0 Å². The Labute approximate surface area is 143 Å². The molecule has 7 nitrogen and oxygen atoms in total. The quantitative estimate of drug-likeness (QED) is 0.616. The number of carbonyl (C=O) groups excluding carboxylic acids is 2. The van der Waals surface area contributed by atoms with E-state index in [0.717, 1.165) is 6.54 Å². The number of likely N-dealkylation sites (N-methyl/N-ethyl adjacent to an activating group) is 1. The number of ether oxygens (including phenoxy) is 1. The van der Waals surface area contributed by atoms with Crippen LogP contribution in [0.15, 0.2) is 24.3 Å². The number of nitrogens with two attached hydrogens (primary N) is 1. The molecule has 0 saturated heterocycles. The predicted octanol–water partition coefficient (Wildman–Crippen LogP) is 0.665. The van der Waals surface area contributed by atoms with Gasteiger partial charge in [-0.05, 0) is 32.1 Å². The smallest absolute Gasteiger partial charge is 0.243 e. The molecule has 0 saturated carbocycles. The van der Waals surface area contributed by atoms with Gasteiger partial charge in [0.05, 0.1) is 12.6 Å². The summed E-state index contributed by atoms with van der Waals surface area (Å²) in [4.78, 5) is 25.7. The Morgan fingerprint density at radius 1 is 1.29 bits per heavy atom. The standard InChI is InChI=1S/C17H28N4O3/c1-12(2)16(18)17(23)19-11-15(22)20-13-6-5-7-14(10-13)24-9-8-21(3)4/h5-7,10,12,16H,8-9,11,18H2,1-4H3,(H,19,23)(H,20,22)/t16-/m0/s1. The molecule has 134 valence electrons. The minimum absolute atomic E-state index is 0.0176. The van der Waals surface area contributed by atoms with Crippen molar-refractivity contribution < 1.29 is 14.3 Å². The largest absolute Gasteiger partial charge is 0.492 e. The van der Waals surface area contributed by atoms with E-state index in [4.69, 9.17) is 10.5 Å². The maximum atomic E-state index is 11.9. The van der Waals surface area contributed by atoms with E-state index < -0.39 is 6.04 Å². The van der Waals surface area contributed by atoms with Crippen molar-refractivity contribution in [3.8, 4) is 5.75 Å². The van der Waals surface area contributed by atoms with E-state index in [9.17, 15) is 9.59 Å². The Bertz CT molecular complexity index is 546. The van der Waals surface area contributed by atoms with Gasteiger partial charge in [0.25, 0.3) is 0 Å². The highest BCUT2D eigenvalue weighted by Crippen LogP contribution is 2.17. The normalized spacial score (nSPS) is 12.1. The van der Waals surface area contributed by atoms with Gasteiger partial charge in [-0.25, -0.2) is 0 Å². The fourth-order valence-corrected chi connectivity index (χ4v) is 1.80. The third-order valence-corrected chi connectivity index (χ3v) is 3.37. The molecule has 0 unspecified atom stereocenters. The number of benzene rings is 1. The summed E-state index contributed by atoms with van der Waals surface area (Å²) in [6.45, 7) is 4.95. The zero-order valence-corrected chi connectivity index (χ0v) is 14.8. The molecule has 0 bridgehead atoms. The SMILES string of the molecule is CC(C)[C@H](N)C(=O)NCC(=O)Nc1cccc(OCCN(C)C)c1. The van der Waals surface area contributed by atoms with Crippen LogP contribution >= 0.6 is 0 Å². The van der Waals surface area contributed by atoms with Gasteiger partial charge >= 0.3 is 0 Å². The number of nitrogens with zero attached hydrogens (tertiary/aromatic N) is 1. The summed E-state index contributed by atoms with van der Waals surface area (Å²) < 4.78 is 5.62. The van der Waals surface area contributed by atoms with Crippen LogP contribution in [0.3, 0.4) is 0 Å². The molecule has 1 aromatic rings. The van der Waals surface area contributed by atoms with Crippen LogP contribution in [0.4, 0.5) is 5.69 Å². The molecular formula is C17H28N4O3. The Hall–Kier alpha value is -2.12. The second-order valence-electron chi connectivity index (χ2n) is 6.22. The Morgan fingerprint density at radius 3 is 2.62 bits per heavy atom. The van der Waals surface area contributed by atoms with Crippen LogP contribution in [0, 0.1) is 5.92 Å². The first-order valence-electron chi connectivity index (χ1n) is 8.00. The average Bonchev–Trinajstić information content (AvgIpc) is 2.51. The van der Waals surface area contributed by atoms with Gasteiger partial charge in [0.1, 0.15) is 12.4 Å². The molecule has 0 aliphatic carbocycles. The van der Waals surface area contributed by atoms with Gasteiger partial charge in [-0.1, -0.05) is 19.9 Å². The van der Waals surface area contributed by atoms with E-state index in [1.807, 2.05) is 38.9 Å². The molecule has 0 fully saturated rings. The Balaban J connectivity index is 2.45. The summed E-state index contributed by atoms with van der Waals surface area (Å²) in [5.74, 6) is 0.0511. The molecule has 1 aromatic carbocycles. The van der Waals surface area contributed by atoms with Crippen molar-refractivity contribution >= 4 is 17.5 Å². The summed E-state index contributed by atoms with van der Waals surface area (Å²) in [6.07, 6.45) is 0. The molecule has 4 N–H and O–H groups in total. The van der Waals surface area contributed by atoms with Gasteiger partial charge in [-0.15, -0.1) is 0 Å². The van der Waals surface area contributed by atoms with Crippen molar-refractivity contribution in [2.45, 2.75) is 19.9 Å². The van der Waals surface area contributed by atoms with E-state index >= 15 is 0 Å². The van der Waals surface area contributed by atoms with Crippen LogP contribution in [0.2, 0.25) is 0 Å². The summed E-state index contributed by atoms with van der Waals surface area (Å²) in [6, 6.07) is 6.52. The van der Waals surface area contributed by atoms with E-state index in [1.54, 1.807) is 18.2 Å². The van der Waals surface area contributed by atoms with Crippen molar-refractivity contribution in [2.75, 3.05) is 39.1 Å². The van der Waals surface area contributed by atoms with Gasteiger partial charge < -0.3 is 26.0 Å². The highest BCUT2D eigenvalue weighted by Gasteiger charge is 2.17. The van der Waals surface area contributed by atoms with Crippen molar-refractivity contribution in [3.05, 3.63) is 24.3 Å². The fraction of sp³-hybridized carbons (Fsp3) is 0.529. The number of carbonyl (C=O) groups is 2. The Morgan fingerprint density at radius 2 is 2.00 bits per heavy atom. The van der Waals surface area contributed by atoms with Crippen LogP contribution in [0.1, 0.15) is 13.8 Å². The molecule has 0 aliphatic heterocycles. The second-order valence-corrected chi connectivity index (χ2v) is 6.22. The maximum absolute atomic E-state index is 11.9. The molecule has 0 spiro atoms. The number of nitrogens with one attached hydrogen (secondary N) is 2. The molecule has 0 heterocycles. The number of hydrogen-bond donors (Lipinski definition) is 3. The van der Waals surface area contributed by atoms with E-state index in [-0.39, 0.29) is 24.3 Å². The zero-order valence-electron chi connectivity index (χ0n) is 14.8. The zero-order chi connectivity index (χ0) is 18.1. The first-order valence-corrected chi connectivity index (χ1v) is 8.00. The summed E-state index contributed by atoms with van der Waals surface area (Å²) in [5.41, 5.74) is 6.34. The molecule has 0 radical (unpaired) electrons. The molecule has 0 aromatic heterocycles. The van der Waals surface area contributed by atoms with Crippen LogP contribution in [-0.4, -0.2) is 56.5 Å². The summed E-state index contributed by atoms with van der Waals surface area (Å²) >= 11 is 0. The molecule has 0 aliphatic rings. The fourth-order valence-electron chi connectivity index (χ4n) is 1.80. The van der Waals surface area contributed by atoms with E-state index in [2.05, 4.69) is 10.6 Å². The lowest BCUT2D eigenvalue weighted by Crippen LogP contribution is -2.46. The van der Waals surface area contributed by atoms with Gasteiger partial charge in [-0.2, -0.15) is 0 Å². The third-order valence-electron chi connectivity index (χ3n) is 3.37. The van der Waals surface area contributed by atoms with E-state index in [0.29, 0.717) is 18.0 Å². The van der Waals surface area contributed by atoms with Crippen LogP contribution in [0.25, 0.3) is 0 Å². The van der Waals surface area contributed by atoms with E-state index in [1.165, 1.54) is 0 Å². The molecule has 1 atom stereocenters. The molecule has 1 rings (SSSR count).